The molecule has 14 heavy (non-hydrogen) atoms. The molecule has 0 aromatic heterocycles. The van der Waals surface area contributed by atoms with E-state index in [0.717, 1.165) is 24.7 Å². The first kappa shape index (κ1) is 11.5. The van der Waals surface area contributed by atoms with Gasteiger partial charge < -0.3 is 4.90 Å². The number of hydrogen-bond donors (Lipinski definition) is 0. The van der Waals surface area contributed by atoms with E-state index in [0.29, 0.717) is 0 Å². The van der Waals surface area contributed by atoms with E-state index in [1.165, 1.54) is 32.5 Å². The van der Waals surface area contributed by atoms with Gasteiger partial charge in [-0.25, -0.2) is 0 Å². The number of likely N-dealkylation sites (tertiary alicyclic amines) is 1. The van der Waals surface area contributed by atoms with Gasteiger partial charge in [-0.2, -0.15) is 5.26 Å². The second-order valence-corrected chi connectivity index (χ2v) is 4.71. The number of nitrogens with zero attached hydrogens (tertiary/aromatic N) is 2. The highest BCUT2D eigenvalue weighted by atomic mass is 15.1. The average Bonchev–Trinajstić information content (AvgIpc) is 2.61. The first-order valence-corrected chi connectivity index (χ1v) is 5.83. The largest absolute Gasteiger partial charge is 0.303 e. The maximum absolute atomic E-state index is 8.41. The van der Waals surface area contributed by atoms with Crippen LogP contribution in [0.4, 0.5) is 0 Å². The minimum Gasteiger partial charge on any atom is -0.303 e. The Labute approximate surface area is 87.9 Å². The minimum absolute atomic E-state index is 0.724. The Morgan fingerprint density at radius 1 is 1.43 bits per heavy atom. The Morgan fingerprint density at radius 3 is 2.79 bits per heavy atom. The van der Waals surface area contributed by atoms with E-state index < -0.39 is 0 Å². The molecule has 0 spiro atoms. The number of nitriles is 1. The number of rotatable bonds is 5. The van der Waals surface area contributed by atoms with Gasteiger partial charge in [-0.1, -0.05) is 13.8 Å². The van der Waals surface area contributed by atoms with Gasteiger partial charge in [-0.15, -0.1) is 0 Å². The normalized spacial score (nSPS) is 22.9. The van der Waals surface area contributed by atoms with Crippen LogP contribution in [0, 0.1) is 23.2 Å². The molecule has 0 N–H and O–H groups in total. The van der Waals surface area contributed by atoms with Crippen LogP contribution in [0.2, 0.25) is 0 Å². The summed E-state index contributed by atoms with van der Waals surface area (Å²) >= 11 is 0. The first-order chi connectivity index (χ1) is 6.74. The molecule has 1 heterocycles. The van der Waals surface area contributed by atoms with E-state index in [9.17, 15) is 0 Å². The van der Waals surface area contributed by atoms with E-state index in [1.54, 1.807) is 0 Å². The molecule has 0 aliphatic carbocycles. The lowest BCUT2D eigenvalue weighted by Crippen LogP contribution is -2.23. The lowest BCUT2D eigenvalue weighted by atomic mass is 9.95. The van der Waals surface area contributed by atoms with Crippen molar-refractivity contribution in [2.75, 3.05) is 19.6 Å². The van der Waals surface area contributed by atoms with Gasteiger partial charge in [-0.3, -0.25) is 0 Å². The highest BCUT2D eigenvalue weighted by Crippen LogP contribution is 2.23. The van der Waals surface area contributed by atoms with Crippen LogP contribution in [-0.4, -0.2) is 24.5 Å². The quantitative estimate of drug-likeness (QED) is 0.629. The number of unbranched alkanes of at least 4 members (excludes halogenated alkanes) is 2. The van der Waals surface area contributed by atoms with Crippen molar-refractivity contribution >= 4 is 0 Å². The van der Waals surface area contributed by atoms with E-state index in [2.05, 4.69) is 24.8 Å². The van der Waals surface area contributed by atoms with Gasteiger partial charge in [0.25, 0.3) is 0 Å². The lowest BCUT2D eigenvalue weighted by Gasteiger charge is -2.17. The van der Waals surface area contributed by atoms with E-state index in [4.69, 9.17) is 5.26 Å². The van der Waals surface area contributed by atoms with Crippen LogP contribution in [0.1, 0.15) is 39.5 Å². The predicted molar refractivity (Wildman–Crippen MR) is 58.8 cm³/mol. The van der Waals surface area contributed by atoms with Crippen LogP contribution in [-0.2, 0) is 0 Å². The van der Waals surface area contributed by atoms with Gasteiger partial charge in [0.15, 0.2) is 0 Å². The van der Waals surface area contributed by atoms with Crippen LogP contribution in [0.3, 0.4) is 0 Å². The standard InChI is InChI=1S/C12H22N2/c1-11(2)12-6-9-14(10-12)8-5-3-4-7-13/h11-12H,3-6,8-10H2,1-2H3. The zero-order valence-corrected chi connectivity index (χ0v) is 9.50. The molecule has 2 nitrogen and oxygen atoms in total. The van der Waals surface area contributed by atoms with Gasteiger partial charge in [0.2, 0.25) is 0 Å². The van der Waals surface area contributed by atoms with Gasteiger partial charge in [0.1, 0.15) is 0 Å². The van der Waals surface area contributed by atoms with Gasteiger partial charge in [-0.05, 0) is 44.2 Å². The molecule has 0 saturated carbocycles. The summed E-state index contributed by atoms with van der Waals surface area (Å²) in [7, 11) is 0. The molecule has 80 valence electrons. The summed E-state index contributed by atoms with van der Waals surface area (Å²) < 4.78 is 0. The SMILES string of the molecule is CC(C)C1CCN(CCCCC#N)C1. The highest BCUT2D eigenvalue weighted by molar-refractivity contribution is 4.78. The fourth-order valence-corrected chi connectivity index (χ4v) is 2.15. The second-order valence-electron chi connectivity index (χ2n) is 4.71. The Bertz CT molecular complexity index is 193. The molecule has 1 atom stereocenters. The minimum atomic E-state index is 0.724. The first-order valence-electron chi connectivity index (χ1n) is 5.83. The smallest absolute Gasteiger partial charge is 0.0621 e. The zero-order valence-electron chi connectivity index (χ0n) is 9.50. The molecule has 0 aromatic rings. The average molecular weight is 194 g/mol. The molecule has 0 aromatic carbocycles. The molecule has 0 radical (unpaired) electrons. The molecular weight excluding hydrogens is 172 g/mol. The van der Waals surface area contributed by atoms with Crippen molar-refractivity contribution < 1.29 is 0 Å². The molecule has 1 aliphatic heterocycles. The third-order valence-electron chi connectivity index (χ3n) is 3.26. The van der Waals surface area contributed by atoms with Crippen LogP contribution in [0.25, 0.3) is 0 Å². The van der Waals surface area contributed by atoms with Crippen LogP contribution in [0.15, 0.2) is 0 Å². The van der Waals surface area contributed by atoms with Crippen molar-refractivity contribution in [3.63, 3.8) is 0 Å². The van der Waals surface area contributed by atoms with Gasteiger partial charge in [0.05, 0.1) is 6.07 Å². The summed E-state index contributed by atoms with van der Waals surface area (Å²) in [6, 6.07) is 2.20. The van der Waals surface area contributed by atoms with E-state index in [-0.39, 0.29) is 0 Å². The molecule has 0 amide bonds. The topological polar surface area (TPSA) is 27.0 Å². The Hall–Kier alpha value is -0.550. The molecule has 1 unspecified atom stereocenters. The zero-order chi connectivity index (χ0) is 10.4. The molecule has 1 fully saturated rings. The Balaban J connectivity index is 2.08. The second kappa shape index (κ2) is 6.03. The molecule has 1 saturated heterocycles. The fourth-order valence-electron chi connectivity index (χ4n) is 2.15. The lowest BCUT2D eigenvalue weighted by molar-refractivity contribution is 0.298. The molecular formula is C12H22N2. The molecule has 0 bridgehead atoms. The fraction of sp³-hybridized carbons (Fsp3) is 0.917. The maximum atomic E-state index is 8.41. The Kier molecular flexibility index (Phi) is 4.97. The van der Waals surface area contributed by atoms with Crippen LogP contribution >= 0.6 is 0 Å². The van der Waals surface area contributed by atoms with Crippen molar-refractivity contribution in [1.29, 1.82) is 5.26 Å². The van der Waals surface area contributed by atoms with Crippen LogP contribution in [0.5, 0.6) is 0 Å². The summed E-state index contributed by atoms with van der Waals surface area (Å²) in [5, 5.41) is 8.41. The van der Waals surface area contributed by atoms with Crippen molar-refractivity contribution in [2.45, 2.75) is 39.5 Å². The summed E-state index contributed by atoms with van der Waals surface area (Å²) in [6.07, 6.45) is 4.36. The summed E-state index contributed by atoms with van der Waals surface area (Å²) in [4.78, 5) is 2.56. The maximum Gasteiger partial charge on any atom is 0.0621 e. The Morgan fingerprint density at radius 2 is 2.21 bits per heavy atom. The molecule has 1 aliphatic rings. The monoisotopic (exact) mass is 194 g/mol. The van der Waals surface area contributed by atoms with Crippen molar-refractivity contribution in [3.8, 4) is 6.07 Å². The van der Waals surface area contributed by atoms with Crippen molar-refractivity contribution in [2.24, 2.45) is 11.8 Å². The predicted octanol–water partition coefficient (Wildman–Crippen LogP) is 2.66. The summed E-state index contributed by atoms with van der Waals surface area (Å²) in [5.41, 5.74) is 0. The van der Waals surface area contributed by atoms with Gasteiger partial charge >= 0.3 is 0 Å². The third-order valence-corrected chi connectivity index (χ3v) is 3.26. The third kappa shape index (κ3) is 3.67. The highest BCUT2D eigenvalue weighted by Gasteiger charge is 2.23. The van der Waals surface area contributed by atoms with Crippen molar-refractivity contribution in [1.82, 2.24) is 4.90 Å². The summed E-state index contributed by atoms with van der Waals surface area (Å²) in [6.45, 7) is 8.40. The number of hydrogen-bond acceptors (Lipinski definition) is 2. The van der Waals surface area contributed by atoms with Gasteiger partial charge in [0, 0.05) is 13.0 Å². The molecule has 1 rings (SSSR count). The summed E-state index contributed by atoms with van der Waals surface area (Å²) in [5.74, 6) is 1.74. The molecule has 2 heteroatoms. The van der Waals surface area contributed by atoms with E-state index >= 15 is 0 Å². The van der Waals surface area contributed by atoms with Crippen LogP contribution < -0.4 is 0 Å². The van der Waals surface area contributed by atoms with Crippen molar-refractivity contribution in [3.05, 3.63) is 0 Å². The van der Waals surface area contributed by atoms with E-state index in [1.807, 2.05) is 0 Å².